The largest absolute Gasteiger partial charge is 0.463 e. The highest BCUT2D eigenvalue weighted by molar-refractivity contribution is 5.93. The zero-order chi connectivity index (χ0) is 16.1. The first kappa shape index (κ1) is 15.1. The maximum absolute atomic E-state index is 12.3. The molecule has 0 saturated heterocycles. The van der Waals surface area contributed by atoms with Gasteiger partial charge in [0.2, 0.25) is 0 Å². The van der Waals surface area contributed by atoms with Gasteiger partial charge < -0.3 is 14.8 Å². The number of benzene rings is 1. The SMILES string of the molecule is O=C(NC(CO)Cc1ccccc1)c1cc(-c2ccco2)[nH]n1. The lowest BCUT2D eigenvalue weighted by Crippen LogP contribution is -2.39. The third kappa shape index (κ3) is 3.67. The molecule has 118 valence electrons. The smallest absolute Gasteiger partial charge is 0.272 e. The summed E-state index contributed by atoms with van der Waals surface area (Å²) in [5, 5.41) is 19.0. The van der Waals surface area contributed by atoms with Crippen LogP contribution >= 0.6 is 0 Å². The highest BCUT2D eigenvalue weighted by Gasteiger charge is 2.17. The lowest BCUT2D eigenvalue weighted by atomic mass is 10.1. The van der Waals surface area contributed by atoms with Gasteiger partial charge in [-0.2, -0.15) is 5.10 Å². The number of rotatable bonds is 6. The maximum atomic E-state index is 12.3. The van der Waals surface area contributed by atoms with Crippen LogP contribution in [0.3, 0.4) is 0 Å². The van der Waals surface area contributed by atoms with Crippen LogP contribution in [-0.2, 0) is 6.42 Å². The monoisotopic (exact) mass is 311 g/mol. The van der Waals surface area contributed by atoms with E-state index in [1.54, 1.807) is 24.5 Å². The molecule has 23 heavy (non-hydrogen) atoms. The number of nitrogens with one attached hydrogen (secondary N) is 2. The highest BCUT2D eigenvalue weighted by Crippen LogP contribution is 2.17. The number of aromatic amines is 1. The van der Waals surface area contributed by atoms with Crippen molar-refractivity contribution in [2.45, 2.75) is 12.5 Å². The van der Waals surface area contributed by atoms with E-state index in [2.05, 4.69) is 15.5 Å². The second-order valence-electron chi connectivity index (χ2n) is 5.19. The van der Waals surface area contributed by atoms with Gasteiger partial charge in [0.05, 0.1) is 18.9 Å². The number of H-pyrrole nitrogens is 1. The van der Waals surface area contributed by atoms with E-state index in [0.29, 0.717) is 17.9 Å². The van der Waals surface area contributed by atoms with Gasteiger partial charge in [0.25, 0.3) is 5.91 Å². The van der Waals surface area contributed by atoms with Crippen molar-refractivity contribution in [3.8, 4) is 11.5 Å². The molecule has 0 aliphatic heterocycles. The zero-order valence-electron chi connectivity index (χ0n) is 12.4. The van der Waals surface area contributed by atoms with E-state index in [-0.39, 0.29) is 24.2 Å². The lowest BCUT2D eigenvalue weighted by Gasteiger charge is -2.15. The van der Waals surface area contributed by atoms with E-state index < -0.39 is 0 Å². The van der Waals surface area contributed by atoms with Gasteiger partial charge >= 0.3 is 0 Å². The minimum Gasteiger partial charge on any atom is -0.463 e. The van der Waals surface area contributed by atoms with E-state index in [4.69, 9.17) is 4.42 Å². The Balaban J connectivity index is 1.65. The number of hydrogen-bond donors (Lipinski definition) is 3. The lowest BCUT2D eigenvalue weighted by molar-refractivity contribution is 0.0911. The summed E-state index contributed by atoms with van der Waals surface area (Å²) in [6, 6.07) is 14.5. The van der Waals surface area contributed by atoms with E-state index in [9.17, 15) is 9.90 Å². The average Bonchev–Trinajstić information content (AvgIpc) is 3.26. The first-order chi connectivity index (χ1) is 11.3. The van der Waals surface area contributed by atoms with Gasteiger partial charge in [0.15, 0.2) is 11.5 Å². The van der Waals surface area contributed by atoms with Crippen LogP contribution in [0.15, 0.2) is 59.2 Å². The molecular formula is C17H17N3O3. The Hall–Kier alpha value is -2.86. The summed E-state index contributed by atoms with van der Waals surface area (Å²) in [5.41, 5.74) is 1.93. The fourth-order valence-corrected chi connectivity index (χ4v) is 2.32. The minimum atomic E-state index is -0.367. The van der Waals surface area contributed by atoms with Crippen LogP contribution < -0.4 is 5.32 Å². The average molecular weight is 311 g/mol. The summed E-state index contributed by atoms with van der Waals surface area (Å²) in [4.78, 5) is 12.3. The molecule has 1 unspecified atom stereocenters. The summed E-state index contributed by atoms with van der Waals surface area (Å²) >= 11 is 0. The normalized spacial score (nSPS) is 12.0. The molecule has 3 N–H and O–H groups in total. The van der Waals surface area contributed by atoms with E-state index in [1.807, 2.05) is 30.3 Å². The number of furan rings is 1. The van der Waals surface area contributed by atoms with Crippen molar-refractivity contribution < 1.29 is 14.3 Å². The molecule has 2 heterocycles. The van der Waals surface area contributed by atoms with Crippen molar-refractivity contribution in [3.63, 3.8) is 0 Å². The Kier molecular flexibility index (Phi) is 4.54. The molecule has 0 radical (unpaired) electrons. The quantitative estimate of drug-likeness (QED) is 0.649. The van der Waals surface area contributed by atoms with Crippen LogP contribution in [0.1, 0.15) is 16.1 Å². The molecule has 0 aliphatic carbocycles. The van der Waals surface area contributed by atoms with Crippen molar-refractivity contribution in [2.75, 3.05) is 6.61 Å². The van der Waals surface area contributed by atoms with Crippen LogP contribution in [0.25, 0.3) is 11.5 Å². The molecule has 3 rings (SSSR count). The van der Waals surface area contributed by atoms with Crippen molar-refractivity contribution >= 4 is 5.91 Å². The van der Waals surface area contributed by atoms with Gasteiger partial charge in [0, 0.05) is 6.07 Å². The number of nitrogens with zero attached hydrogens (tertiary/aromatic N) is 1. The number of aromatic nitrogens is 2. The fraction of sp³-hybridized carbons (Fsp3) is 0.176. The Labute approximate surface area is 133 Å². The van der Waals surface area contributed by atoms with Gasteiger partial charge in [-0.05, 0) is 24.1 Å². The second kappa shape index (κ2) is 6.93. The molecule has 6 heteroatoms. The molecule has 1 aromatic carbocycles. The van der Waals surface area contributed by atoms with Crippen LogP contribution in [-0.4, -0.2) is 33.9 Å². The van der Waals surface area contributed by atoms with Crippen molar-refractivity contribution in [1.82, 2.24) is 15.5 Å². The maximum Gasteiger partial charge on any atom is 0.272 e. The number of aliphatic hydroxyl groups excluding tert-OH is 1. The summed E-state index contributed by atoms with van der Waals surface area (Å²) in [6.45, 7) is -0.143. The molecule has 6 nitrogen and oxygen atoms in total. The Bertz CT molecular complexity index is 751. The molecule has 1 atom stereocenters. The van der Waals surface area contributed by atoms with Gasteiger partial charge in [0.1, 0.15) is 5.69 Å². The molecule has 3 aromatic rings. The molecule has 0 saturated carbocycles. The second-order valence-corrected chi connectivity index (χ2v) is 5.19. The first-order valence-corrected chi connectivity index (χ1v) is 7.31. The number of carbonyl (C=O) groups excluding carboxylic acids is 1. The van der Waals surface area contributed by atoms with Gasteiger partial charge in [-0.1, -0.05) is 30.3 Å². The zero-order valence-corrected chi connectivity index (χ0v) is 12.4. The topological polar surface area (TPSA) is 91.1 Å². The molecule has 0 aliphatic rings. The number of carbonyl (C=O) groups is 1. The summed E-state index contributed by atoms with van der Waals surface area (Å²) in [6.07, 6.45) is 2.11. The molecule has 2 aromatic heterocycles. The Morgan fingerprint density at radius 2 is 2.09 bits per heavy atom. The third-order valence-corrected chi connectivity index (χ3v) is 3.48. The van der Waals surface area contributed by atoms with Gasteiger partial charge in [-0.25, -0.2) is 0 Å². The number of hydrogen-bond acceptors (Lipinski definition) is 4. The summed E-state index contributed by atoms with van der Waals surface area (Å²) in [5.74, 6) is 0.272. The van der Waals surface area contributed by atoms with E-state index >= 15 is 0 Å². The van der Waals surface area contributed by atoms with E-state index in [1.165, 1.54) is 0 Å². The standard InChI is InChI=1S/C17H17N3O3/c21-11-13(9-12-5-2-1-3-6-12)18-17(22)15-10-14(19-20-15)16-7-4-8-23-16/h1-8,10,13,21H,9,11H2,(H,18,22)(H,19,20). The van der Waals surface area contributed by atoms with Crippen LogP contribution in [0.4, 0.5) is 0 Å². The molecule has 0 bridgehead atoms. The van der Waals surface area contributed by atoms with Crippen molar-refractivity contribution in [1.29, 1.82) is 0 Å². The molecule has 0 fully saturated rings. The fourth-order valence-electron chi connectivity index (χ4n) is 2.32. The first-order valence-electron chi connectivity index (χ1n) is 7.31. The molecule has 0 spiro atoms. The Morgan fingerprint density at radius 1 is 1.26 bits per heavy atom. The molecular weight excluding hydrogens is 294 g/mol. The predicted molar refractivity (Wildman–Crippen MR) is 84.8 cm³/mol. The molecule has 1 amide bonds. The van der Waals surface area contributed by atoms with Crippen LogP contribution in [0.2, 0.25) is 0 Å². The summed E-state index contributed by atoms with van der Waals surface area (Å²) < 4.78 is 5.25. The van der Waals surface area contributed by atoms with E-state index in [0.717, 1.165) is 5.56 Å². The van der Waals surface area contributed by atoms with Crippen LogP contribution in [0.5, 0.6) is 0 Å². The minimum absolute atomic E-state index is 0.143. The number of amides is 1. The van der Waals surface area contributed by atoms with Crippen LogP contribution in [0, 0.1) is 0 Å². The predicted octanol–water partition coefficient (Wildman–Crippen LogP) is 2.00. The van der Waals surface area contributed by atoms with Gasteiger partial charge in [-0.3, -0.25) is 9.89 Å². The summed E-state index contributed by atoms with van der Waals surface area (Å²) in [7, 11) is 0. The number of aliphatic hydroxyl groups is 1. The third-order valence-electron chi connectivity index (χ3n) is 3.48. The van der Waals surface area contributed by atoms with Crippen molar-refractivity contribution in [2.24, 2.45) is 0 Å². The Morgan fingerprint density at radius 3 is 2.78 bits per heavy atom. The van der Waals surface area contributed by atoms with Crippen molar-refractivity contribution in [3.05, 3.63) is 66.1 Å². The highest BCUT2D eigenvalue weighted by atomic mass is 16.3. The van der Waals surface area contributed by atoms with Gasteiger partial charge in [-0.15, -0.1) is 0 Å².